The van der Waals surface area contributed by atoms with E-state index >= 15 is 0 Å². The first-order valence-electron chi connectivity index (χ1n) is 10.9. The van der Waals surface area contributed by atoms with Crippen molar-refractivity contribution in [3.05, 3.63) is 72.6 Å². The Kier molecular flexibility index (Phi) is 7.80. The van der Waals surface area contributed by atoms with E-state index in [-0.39, 0.29) is 39.2 Å². The molecule has 2 fully saturated rings. The molecule has 2 aromatic rings. The Morgan fingerprint density at radius 2 is 1.74 bits per heavy atom. The molecule has 0 spiro atoms. The Morgan fingerprint density at radius 1 is 1.09 bits per heavy atom. The first-order valence-corrected chi connectivity index (χ1v) is 12.5. The molecule has 10 heteroatoms. The molecule has 0 N–H and O–H groups in total. The molecule has 0 aromatic heterocycles. The molecule has 2 aliphatic rings. The number of halogens is 2. The number of imide groups is 1. The van der Waals surface area contributed by atoms with Gasteiger partial charge in [-0.25, -0.2) is 0 Å². The average molecular weight is 521 g/mol. The lowest BCUT2D eigenvalue weighted by molar-refractivity contribution is -0.384. The third-order valence-electron chi connectivity index (χ3n) is 5.89. The topological polar surface area (TPSA) is 89.7 Å². The first kappa shape index (κ1) is 24.6. The smallest absolute Gasteiger partial charge is 0.293 e. The van der Waals surface area contributed by atoms with E-state index in [9.17, 15) is 19.7 Å². The Labute approximate surface area is 211 Å². The van der Waals surface area contributed by atoms with Crippen molar-refractivity contribution in [3.8, 4) is 5.75 Å². The van der Waals surface area contributed by atoms with E-state index in [1.54, 1.807) is 30.3 Å². The summed E-state index contributed by atoms with van der Waals surface area (Å²) in [6.07, 6.45) is 7.22. The molecule has 178 valence electrons. The van der Waals surface area contributed by atoms with E-state index in [0.29, 0.717) is 28.5 Å². The number of ether oxygens (including phenoxy) is 1. The van der Waals surface area contributed by atoms with Crippen molar-refractivity contribution in [3.63, 3.8) is 0 Å². The zero-order valence-electron chi connectivity index (χ0n) is 18.2. The second kappa shape index (κ2) is 10.8. The van der Waals surface area contributed by atoms with Gasteiger partial charge in [0.05, 0.1) is 19.9 Å². The van der Waals surface area contributed by atoms with Gasteiger partial charge in [0.2, 0.25) is 0 Å². The number of carbonyl (C=O) groups excluding carboxylic acids is 2. The summed E-state index contributed by atoms with van der Waals surface area (Å²) in [6.45, 7) is 0.593. The predicted molar refractivity (Wildman–Crippen MR) is 133 cm³/mol. The zero-order chi connectivity index (χ0) is 24.2. The molecular weight excluding hydrogens is 499 g/mol. The van der Waals surface area contributed by atoms with Gasteiger partial charge in [0.25, 0.3) is 16.8 Å². The standard InChI is InChI=1S/C24H22Cl2N2O5S/c25-19-10-17(11-20(26)22(19)33-14-16-6-8-18(9-7-16)28(31)32)12-21-23(29)27(24(30)34-21)13-15-4-2-1-3-5-15/h6-12,15H,1-5,13-14H2/b21-12+. The molecule has 34 heavy (non-hydrogen) atoms. The number of hydrogen-bond acceptors (Lipinski definition) is 6. The summed E-state index contributed by atoms with van der Waals surface area (Å²) in [6, 6.07) is 9.22. The Balaban J connectivity index is 1.44. The van der Waals surface area contributed by atoms with Crippen LogP contribution in [0.5, 0.6) is 5.75 Å². The van der Waals surface area contributed by atoms with Crippen molar-refractivity contribution in [2.24, 2.45) is 5.92 Å². The first-order chi connectivity index (χ1) is 16.3. The fraction of sp³-hybridized carbons (Fsp3) is 0.333. The highest BCUT2D eigenvalue weighted by Crippen LogP contribution is 2.38. The molecule has 2 aromatic carbocycles. The van der Waals surface area contributed by atoms with Crippen LogP contribution < -0.4 is 4.74 Å². The van der Waals surface area contributed by atoms with Gasteiger partial charge in [-0.3, -0.25) is 24.6 Å². The van der Waals surface area contributed by atoms with Crippen LogP contribution in [0.2, 0.25) is 10.0 Å². The molecule has 4 rings (SSSR count). The molecule has 1 saturated heterocycles. The number of rotatable bonds is 7. The van der Waals surface area contributed by atoms with Crippen LogP contribution >= 0.6 is 35.0 Å². The predicted octanol–water partition coefficient (Wildman–Crippen LogP) is 7.10. The minimum atomic E-state index is -0.470. The lowest BCUT2D eigenvalue weighted by Gasteiger charge is -2.25. The molecule has 1 saturated carbocycles. The van der Waals surface area contributed by atoms with Crippen molar-refractivity contribution in [1.82, 2.24) is 4.90 Å². The molecule has 1 aliphatic heterocycles. The fourth-order valence-electron chi connectivity index (χ4n) is 4.11. The third kappa shape index (κ3) is 5.74. The number of nitro benzene ring substituents is 1. The molecule has 7 nitrogen and oxygen atoms in total. The summed E-state index contributed by atoms with van der Waals surface area (Å²) in [5, 5.41) is 11.0. The summed E-state index contributed by atoms with van der Waals surface area (Å²) in [5.41, 5.74) is 1.29. The summed E-state index contributed by atoms with van der Waals surface area (Å²) in [4.78, 5) is 37.3. The average Bonchev–Trinajstić information content (AvgIpc) is 3.07. The monoisotopic (exact) mass is 520 g/mol. The van der Waals surface area contributed by atoms with Crippen LogP contribution in [0, 0.1) is 16.0 Å². The molecule has 0 bridgehead atoms. The molecule has 2 amide bonds. The number of thioether (sulfide) groups is 1. The maximum atomic E-state index is 12.8. The lowest BCUT2D eigenvalue weighted by Crippen LogP contribution is -2.34. The van der Waals surface area contributed by atoms with Gasteiger partial charge in [0, 0.05) is 18.7 Å². The van der Waals surface area contributed by atoms with E-state index < -0.39 is 4.92 Å². The minimum Gasteiger partial charge on any atom is -0.486 e. The van der Waals surface area contributed by atoms with Crippen molar-refractivity contribution in [2.45, 2.75) is 38.7 Å². The summed E-state index contributed by atoms with van der Waals surface area (Å²) in [7, 11) is 0. The summed E-state index contributed by atoms with van der Waals surface area (Å²) < 4.78 is 5.73. The summed E-state index contributed by atoms with van der Waals surface area (Å²) in [5.74, 6) is 0.355. The van der Waals surface area contributed by atoms with Gasteiger partial charge in [-0.2, -0.15) is 0 Å². The van der Waals surface area contributed by atoms with Gasteiger partial charge >= 0.3 is 0 Å². The molecule has 1 aliphatic carbocycles. The second-order valence-corrected chi connectivity index (χ2v) is 10.1. The molecule has 0 atom stereocenters. The van der Waals surface area contributed by atoms with Gasteiger partial charge in [-0.15, -0.1) is 0 Å². The van der Waals surface area contributed by atoms with Gasteiger partial charge in [0.1, 0.15) is 6.61 Å². The van der Waals surface area contributed by atoms with Gasteiger partial charge < -0.3 is 4.74 Å². The Hall–Kier alpha value is -2.55. The Morgan fingerprint density at radius 3 is 2.35 bits per heavy atom. The van der Waals surface area contributed by atoms with Crippen LogP contribution in [0.3, 0.4) is 0 Å². The molecule has 0 radical (unpaired) electrons. The highest BCUT2D eigenvalue weighted by atomic mass is 35.5. The highest BCUT2D eigenvalue weighted by Gasteiger charge is 2.36. The van der Waals surface area contributed by atoms with Crippen molar-refractivity contribution < 1.29 is 19.2 Å². The van der Waals surface area contributed by atoms with E-state index in [1.165, 1.54) is 23.5 Å². The van der Waals surface area contributed by atoms with Crippen LogP contribution in [-0.4, -0.2) is 27.5 Å². The second-order valence-electron chi connectivity index (χ2n) is 8.32. The van der Waals surface area contributed by atoms with E-state index in [4.69, 9.17) is 27.9 Å². The van der Waals surface area contributed by atoms with Crippen molar-refractivity contribution in [1.29, 1.82) is 0 Å². The molecular formula is C24H22Cl2N2O5S. The van der Waals surface area contributed by atoms with E-state index in [0.717, 1.165) is 37.4 Å². The number of benzene rings is 2. The van der Waals surface area contributed by atoms with Gasteiger partial charge in [0.15, 0.2) is 5.75 Å². The highest BCUT2D eigenvalue weighted by molar-refractivity contribution is 8.18. The normalized spacial score (nSPS) is 18.1. The SMILES string of the molecule is O=C1S/C(=C/c2cc(Cl)c(OCc3ccc([N+](=O)[O-])cc3)c(Cl)c2)C(=O)N1CC1CCCCC1. The van der Waals surface area contributed by atoms with Gasteiger partial charge in [-0.1, -0.05) is 42.5 Å². The number of non-ortho nitro benzene ring substituents is 1. The maximum absolute atomic E-state index is 12.8. The Bertz CT molecular complexity index is 1120. The molecule has 1 heterocycles. The van der Waals surface area contributed by atoms with Crippen LogP contribution in [-0.2, 0) is 11.4 Å². The van der Waals surface area contributed by atoms with Gasteiger partial charge in [-0.05, 0) is 72.0 Å². The van der Waals surface area contributed by atoms with Crippen LogP contribution in [0.25, 0.3) is 6.08 Å². The lowest BCUT2D eigenvalue weighted by atomic mass is 9.89. The number of amides is 2. The van der Waals surface area contributed by atoms with E-state index in [1.807, 2.05) is 0 Å². The zero-order valence-corrected chi connectivity index (χ0v) is 20.5. The van der Waals surface area contributed by atoms with E-state index in [2.05, 4.69) is 0 Å². The fourth-order valence-corrected chi connectivity index (χ4v) is 5.57. The number of hydrogen-bond donors (Lipinski definition) is 0. The van der Waals surface area contributed by atoms with Crippen LogP contribution in [0.4, 0.5) is 10.5 Å². The van der Waals surface area contributed by atoms with Crippen LogP contribution in [0.15, 0.2) is 41.3 Å². The number of nitrogens with zero attached hydrogens (tertiary/aromatic N) is 2. The third-order valence-corrected chi connectivity index (χ3v) is 7.36. The molecule has 0 unspecified atom stereocenters. The maximum Gasteiger partial charge on any atom is 0.293 e. The largest absolute Gasteiger partial charge is 0.486 e. The van der Waals surface area contributed by atoms with Crippen molar-refractivity contribution in [2.75, 3.05) is 6.54 Å². The number of nitro groups is 1. The quantitative estimate of drug-likeness (QED) is 0.219. The van der Waals surface area contributed by atoms with Crippen LogP contribution in [0.1, 0.15) is 43.2 Å². The van der Waals surface area contributed by atoms with Crippen molar-refractivity contribution >= 4 is 57.9 Å². The summed E-state index contributed by atoms with van der Waals surface area (Å²) >= 11 is 13.7. The number of carbonyl (C=O) groups is 2. The minimum absolute atomic E-state index is 0.00711.